The number of aliphatic hydroxyl groups excluding tert-OH is 1. The first kappa shape index (κ1) is 117. The molecule has 0 fully saturated rings. The van der Waals surface area contributed by atoms with E-state index < -0.39 is 60.5 Å². The van der Waals surface area contributed by atoms with Crippen LogP contribution in [0.4, 0.5) is 4.39 Å². The van der Waals surface area contributed by atoms with Gasteiger partial charge in [0.15, 0.2) is 36.6 Å². The molecule has 0 aliphatic heterocycles. The molecule has 0 bridgehead atoms. The van der Waals surface area contributed by atoms with Gasteiger partial charge in [-0.15, -0.1) is 45.3 Å². The number of nitrogens with zero attached hydrogens (tertiary/aromatic N) is 6. The Morgan fingerprint density at radius 2 is 0.613 bits per heavy atom. The Morgan fingerprint density at radius 3 is 0.861 bits per heavy atom. The van der Waals surface area contributed by atoms with Gasteiger partial charge in [-0.1, -0.05) is 205 Å². The number of aliphatic hydroxyl groups is 1. The molecule has 6 atom stereocenters. The summed E-state index contributed by atoms with van der Waals surface area (Å²) in [7, 11) is 0. The van der Waals surface area contributed by atoms with Gasteiger partial charge < -0.3 is 66.5 Å². The average molecular weight is 2200 g/mol. The number of aromatic nitrogens is 6. The fraction of sp³-hybridized carbons (Fsp3) is 0.277. The molecule has 43 heteroatoms. The predicted octanol–water partition coefficient (Wildman–Crippen LogP) is 23.3. The van der Waals surface area contributed by atoms with Crippen molar-refractivity contribution < 1.29 is 108 Å². The molecule has 10 heterocycles. The number of ether oxygens (including phenoxy) is 7. The summed E-state index contributed by atoms with van der Waals surface area (Å²) in [4.78, 5) is 93.0. The molecule has 0 spiro atoms. The molecule has 726 valence electrons. The minimum atomic E-state index is -1.05. The Balaban J connectivity index is 0.000000285. The first-order valence-corrected chi connectivity index (χ1v) is 49.7. The second-order valence-electron chi connectivity index (χ2n) is 28.0. The van der Waals surface area contributed by atoms with Crippen LogP contribution in [0.1, 0.15) is 118 Å². The number of hydrogen-bond acceptors (Lipinski definition) is 25. The van der Waals surface area contributed by atoms with E-state index in [4.69, 9.17) is 184 Å². The third kappa shape index (κ3) is 40.0. The summed E-state index contributed by atoms with van der Waals surface area (Å²) in [5, 5.41) is 42.9. The molecule has 3 amide bonds. The van der Waals surface area contributed by atoms with Crippen LogP contribution in [0.25, 0.3) is 40.3 Å². The first-order chi connectivity index (χ1) is 65.1. The topological polar surface area (TPSA) is 347 Å². The molecule has 0 saturated heterocycles. The number of carboxylic acid groups (broad SMARTS) is 1. The quantitative estimate of drug-likeness (QED) is 0.0133. The van der Waals surface area contributed by atoms with Crippen LogP contribution in [0.15, 0.2) is 192 Å². The van der Waals surface area contributed by atoms with Gasteiger partial charge in [0.2, 0.25) is 35.3 Å². The number of pyridine rings is 6. The van der Waals surface area contributed by atoms with Crippen molar-refractivity contribution >= 4 is 261 Å². The van der Waals surface area contributed by atoms with Crippen LogP contribution in [0.3, 0.4) is 0 Å². The van der Waals surface area contributed by atoms with Crippen LogP contribution < -0.4 is 74.9 Å². The van der Waals surface area contributed by atoms with Gasteiger partial charge in [-0.2, -0.15) is 4.39 Å². The van der Waals surface area contributed by atoms with Crippen molar-refractivity contribution in [1.82, 2.24) is 45.9 Å². The zero-order chi connectivity index (χ0) is 99.5. The van der Waals surface area contributed by atoms with Crippen LogP contribution in [-0.2, 0) is 64.4 Å². The van der Waals surface area contributed by atoms with E-state index in [1.807, 2.05) is 45.9 Å². The van der Waals surface area contributed by atoms with Crippen LogP contribution in [0.2, 0.25) is 60.3 Å². The molecule has 25 nitrogen and oxygen atoms in total. The third-order valence-corrected chi connectivity index (χ3v) is 24.6. The number of hydrogen-bond donors (Lipinski definition) is 6. The maximum Gasteiger partial charge on any atom is 1.00 e. The van der Waals surface area contributed by atoms with E-state index in [1.165, 1.54) is 119 Å². The Kier molecular flexibility index (Phi) is 53.3. The van der Waals surface area contributed by atoms with Crippen LogP contribution in [0.5, 0.6) is 29.4 Å². The smallest absolute Gasteiger partial charge is 1.00 e. The minimum absolute atomic E-state index is 0. The molecular weight excluding hydrogens is 2100 g/mol. The predicted molar refractivity (Wildman–Crippen MR) is 548 cm³/mol. The number of esters is 2. The minimum Gasteiger partial charge on any atom is -1.00 e. The number of benzene rings is 4. The molecule has 4 unspecified atom stereocenters. The number of fused-ring (bicyclic) bond motifs is 4. The van der Waals surface area contributed by atoms with Gasteiger partial charge in [-0.3, -0.25) is 14.4 Å². The van der Waals surface area contributed by atoms with Crippen molar-refractivity contribution in [1.29, 1.82) is 0 Å². The molecule has 14 aromatic rings. The van der Waals surface area contributed by atoms with Gasteiger partial charge in [0.25, 0.3) is 17.7 Å². The van der Waals surface area contributed by atoms with Gasteiger partial charge in [0, 0.05) is 82.2 Å². The molecule has 0 aliphatic carbocycles. The van der Waals surface area contributed by atoms with E-state index in [1.54, 1.807) is 73.0 Å². The second kappa shape index (κ2) is 62.1. The van der Waals surface area contributed by atoms with Crippen molar-refractivity contribution in [3.8, 4) is 29.4 Å². The van der Waals surface area contributed by atoms with E-state index in [-0.39, 0.29) is 108 Å². The molecule has 14 rings (SSSR count). The van der Waals surface area contributed by atoms with Crippen LogP contribution in [-0.4, -0.2) is 126 Å². The summed E-state index contributed by atoms with van der Waals surface area (Å²) in [5.41, 5.74) is 9.83. The first-order valence-electron chi connectivity index (χ1n) is 41.6. The zero-order valence-corrected chi connectivity index (χ0v) is 89.3. The zero-order valence-electron chi connectivity index (χ0n) is 75.9. The van der Waals surface area contributed by atoms with Crippen LogP contribution >= 0.6 is 185 Å². The van der Waals surface area contributed by atoms with Gasteiger partial charge in [-0.25, -0.2) is 44.3 Å². The van der Waals surface area contributed by atoms with E-state index in [9.17, 15) is 33.2 Å². The Labute approximate surface area is 890 Å². The fourth-order valence-corrected chi connectivity index (χ4v) is 16.7. The number of thiophene rings is 4. The van der Waals surface area contributed by atoms with Gasteiger partial charge in [0.05, 0.1) is 48.4 Å². The van der Waals surface area contributed by atoms with Gasteiger partial charge in [0.1, 0.15) is 25.1 Å². The number of nitrogens with one attached hydrogen (secondary N) is 3. The molecule has 10 aromatic heterocycles. The number of carbonyl (C=O) groups excluding carboxylic acids is 5. The molecular formula is C94H94Cl12FN10NaO15S4. The maximum atomic E-state index is 12.4. The van der Waals surface area contributed by atoms with Crippen molar-refractivity contribution in [3.63, 3.8) is 0 Å². The largest absolute Gasteiger partial charge is 1.00 e. The summed E-state index contributed by atoms with van der Waals surface area (Å²) in [5.74, 6) is -2.46. The Bertz CT molecular complexity index is 5900. The normalized spacial score (nSPS) is 11.8. The summed E-state index contributed by atoms with van der Waals surface area (Å²) in [6.45, 7) is 16.9. The van der Waals surface area contributed by atoms with Crippen molar-refractivity contribution in [2.45, 2.75) is 157 Å². The Morgan fingerprint density at radius 1 is 0.358 bits per heavy atom. The average Bonchev–Trinajstić information content (AvgIpc) is 1.74. The summed E-state index contributed by atoms with van der Waals surface area (Å²) < 4.78 is 54.0. The van der Waals surface area contributed by atoms with Crippen molar-refractivity contribution in [2.75, 3.05) is 13.2 Å². The molecule has 0 saturated carbocycles. The van der Waals surface area contributed by atoms with E-state index >= 15 is 0 Å². The Hall–Kier alpha value is -8.23. The molecule has 0 aliphatic rings. The van der Waals surface area contributed by atoms with Crippen LogP contribution in [0, 0.1) is 5.95 Å². The third-order valence-electron chi connectivity index (χ3n) is 18.1. The number of halogens is 13. The van der Waals surface area contributed by atoms with Crippen molar-refractivity contribution in [2.24, 2.45) is 5.73 Å². The fourth-order valence-electron chi connectivity index (χ4n) is 11.2. The standard InChI is InChI=1S/3C18H16Cl2N2O2S.C11H13Cl2NO3.C9H9Cl2NO3.C9H9NS.C6H12O3.C5H2Cl2FN.Na.H/c3*1-2-15(24-18-14(20)8-13(19)10-22-18)17(23)21-9-11-3-4-16-12(7-11)5-6-25-16;1-3-9(11(15)16-4-2)17-10-8(13)5-7(12)6-14-10;1-2-7(9(13)14)15-8-6(11)3-5(10)4-12-8;10-6-7-1-2-9-8(5-7)3-4-11-9;1-3-5(7)6(8)9-4-2;6-3-1-4(7)5(8)9-2-3;;/h3*3-8,10,15H,2,9H2,1H3,(H,21,23);5-6,9H,3-4H2,1-2H3;3-4,7H,2H2,1H3,(H,13,14);1-5H,6,10H2;5,7H,3-4H2,1-2H3;1-2H;;/q;;;;;;;;+1;-1/t2*15-;;;;;;;;/m10......../s1. The molecule has 4 aromatic carbocycles. The number of carboxylic acids is 1. The number of nitrogens with two attached hydrogens (primary N) is 1. The monoisotopic (exact) mass is 2190 g/mol. The van der Waals surface area contributed by atoms with Crippen molar-refractivity contribution in [3.05, 3.63) is 281 Å². The summed E-state index contributed by atoms with van der Waals surface area (Å²) in [6.07, 6.45) is 6.35. The summed E-state index contributed by atoms with van der Waals surface area (Å²) >= 11 is 76.2. The van der Waals surface area contributed by atoms with E-state index in [0.717, 1.165) is 16.7 Å². The van der Waals surface area contributed by atoms with E-state index in [2.05, 4.69) is 151 Å². The van der Waals surface area contributed by atoms with E-state index in [0.29, 0.717) is 108 Å². The maximum absolute atomic E-state index is 12.4. The number of carbonyl (C=O) groups is 6. The second-order valence-corrected chi connectivity index (χ2v) is 36.9. The molecule has 0 radical (unpaired) electrons. The summed E-state index contributed by atoms with van der Waals surface area (Å²) in [6, 6.07) is 42.0. The van der Waals surface area contributed by atoms with Gasteiger partial charge in [-0.05, 0) is 227 Å². The molecule has 137 heavy (non-hydrogen) atoms. The van der Waals surface area contributed by atoms with Gasteiger partial charge >= 0.3 is 47.5 Å². The SMILES string of the molecule is CCC(Oc1ncc(Cl)cc1Cl)C(=O)NCc1ccc2sccc2c1.CCC(Oc1ncc(Cl)cc1Cl)C(=O)O.CCOC(=O)C(CC)Oc1ncc(Cl)cc1Cl.CCOC(=O)C(O)CC.CC[C@@H](Oc1ncc(Cl)cc1Cl)C(=O)NCc1ccc2sccc2c1.CC[C@H](Oc1ncc(Cl)cc1Cl)C(=O)NCc1ccc2sccc2c1.Fc1ncc(Cl)cc1Cl.NCc1ccc2sccc2c1.[H-].[Na+]. The number of aliphatic carboxylic acids is 1. The molecule has 7 N–H and O–H groups in total. The number of amides is 3. The number of rotatable bonds is 31.